The van der Waals surface area contributed by atoms with Crippen LogP contribution in [0.4, 0.5) is 18.9 Å². The van der Waals surface area contributed by atoms with Crippen LogP contribution in [0.15, 0.2) is 6.07 Å². The third-order valence-corrected chi connectivity index (χ3v) is 3.55. The molecule has 2 rings (SSSR count). The Kier molecular flexibility index (Phi) is 5.09. The minimum absolute atomic E-state index is 0.346. The molecule has 0 aliphatic heterocycles. The molecule has 2 aromatic rings. The van der Waals surface area contributed by atoms with E-state index in [1.165, 1.54) is 7.05 Å². The number of alkyl halides is 2. The Hall–Kier alpha value is -2.20. The number of rotatable bonds is 5. The van der Waals surface area contributed by atoms with Crippen LogP contribution in [0.5, 0.6) is 11.6 Å². The number of nitro groups is 1. The zero-order valence-electron chi connectivity index (χ0n) is 12.0. The summed E-state index contributed by atoms with van der Waals surface area (Å²) in [6.07, 6.45) is 0. The van der Waals surface area contributed by atoms with Crippen molar-refractivity contribution in [2.24, 2.45) is 7.05 Å². The van der Waals surface area contributed by atoms with Gasteiger partial charge in [0.2, 0.25) is 11.6 Å². The van der Waals surface area contributed by atoms with Crippen molar-refractivity contribution in [3.63, 3.8) is 0 Å². The minimum atomic E-state index is -3.22. The average molecular weight is 386 g/mol. The molecule has 0 saturated carbocycles. The van der Waals surface area contributed by atoms with Gasteiger partial charge in [0.1, 0.15) is 22.1 Å². The third kappa shape index (κ3) is 3.06. The molecule has 0 aliphatic carbocycles. The minimum Gasteiger partial charge on any atom is -0.489 e. The van der Waals surface area contributed by atoms with Gasteiger partial charge in [0.15, 0.2) is 0 Å². The van der Waals surface area contributed by atoms with Gasteiger partial charge in [0.05, 0.1) is 17.1 Å². The molecule has 0 radical (unpaired) electrons. The summed E-state index contributed by atoms with van der Waals surface area (Å²) in [6, 6.07) is 0.765. The second-order valence-corrected chi connectivity index (χ2v) is 5.11. The van der Waals surface area contributed by atoms with Crippen LogP contribution in [0.3, 0.4) is 0 Å². The van der Waals surface area contributed by atoms with E-state index in [2.05, 4.69) is 9.84 Å². The van der Waals surface area contributed by atoms with Crippen molar-refractivity contribution >= 4 is 28.9 Å². The van der Waals surface area contributed by atoms with Crippen LogP contribution in [0.25, 0.3) is 11.3 Å². The Bertz CT molecular complexity index is 814. The lowest BCUT2D eigenvalue weighted by Gasteiger charge is -2.09. The topological polar surface area (TPSA) is 79.4 Å². The smallest absolute Gasteiger partial charge is 0.388 e. The van der Waals surface area contributed by atoms with E-state index in [0.29, 0.717) is 0 Å². The fraction of sp³-hybridized carbons (Fsp3) is 0.250. The fourth-order valence-electron chi connectivity index (χ4n) is 2.04. The summed E-state index contributed by atoms with van der Waals surface area (Å²) in [5, 5.41) is 14.2. The Balaban J connectivity index is 2.81. The molecular weight excluding hydrogens is 378 g/mol. The summed E-state index contributed by atoms with van der Waals surface area (Å²) >= 11 is 11.6. The summed E-state index contributed by atoms with van der Waals surface area (Å²) in [5.41, 5.74) is -1.97. The normalized spacial score (nSPS) is 11.0. The number of nitro benzene ring substituents is 1. The van der Waals surface area contributed by atoms with Gasteiger partial charge in [-0.05, 0) is 6.07 Å². The van der Waals surface area contributed by atoms with E-state index in [-0.39, 0.29) is 5.02 Å². The summed E-state index contributed by atoms with van der Waals surface area (Å²) in [4.78, 5) is 10.4. The van der Waals surface area contributed by atoms with Crippen molar-refractivity contribution in [2.45, 2.75) is 6.61 Å². The summed E-state index contributed by atoms with van der Waals surface area (Å²) in [5.74, 6) is -2.13. The predicted octanol–water partition coefficient (Wildman–Crippen LogP) is 4.05. The number of benzene rings is 1. The molecule has 24 heavy (non-hydrogen) atoms. The van der Waals surface area contributed by atoms with E-state index in [0.717, 1.165) is 17.9 Å². The van der Waals surface area contributed by atoms with E-state index in [1.807, 2.05) is 0 Å². The quantitative estimate of drug-likeness (QED) is 0.572. The summed E-state index contributed by atoms with van der Waals surface area (Å²) in [7, 11) is 2.30. The van der Waals surface area contributed by atoms with Crippen molar-refractivity contribution in [1.82, 2.24) is 9.78 Å². The van der Waals surface area contributed by atoms with Crippen LogP contribution in [0.2, 0.25) is 10.0 Å². The molecule has 0 fully saturated rings. The summed E-state index contributed by atoms with van der Waals surface area (Å²) < 4.78 is 48.9. The fourth-order valence-corrected chi connectivity index (χ4v) is 2.60. The van der Waals surface area contributed by atoms with E-state index < -0.39 is 50.9 Å². The molecule has 0 bridgehead atoms. The van der Waals surface area contributed by atoms with Gasteiger partial charge in [-0.3, -0.25) is 10.1 Å². The van der Waals surface area contributed by atoms with Crippen LogP contribution in [-0.4, -0.2) is 28.4 Å². The predicted molar refractivity (Wildman–Crippen MR) is 78.5 cm³/mol. The number of hydrogen-bond acceptors (Lipinski definition) is 5. The standard InChI is InChI=1S/C12H8Cl2F3N3O4/c1-19-11(24-12(16)17)7(14)8(18-19)6-5(15)3-4(13)10(23-2)9(6)20(21)22/h3,12H,1-2H3. The summed E-state index contributed by atoms with van der Waals surface area (Å²) in [6.45, 7) is -3.22. The Morgan fingerprint density at radius 2 is 2.04 bits per heavy atom. The lowest BCUT2D eigenvalue weighted by molar-refractivity contribution is -0.385. The van der Waals surface area contributed by atoms with Crippen molar-refractivity contribution in [3.05, 3.63) is 32.0 Å². The number of halogens is 5. The number of ether oxygens (including phenoxy) is 2. The molecular formula is C12H8Cl2F3N3O4. The first-order valence-electron chi connectivity index (χ1n) is 6.07. The first kappa shape index (κ1) is 18.1. The molecule has 130 valence electrons. The lowest BCUT2D eigenvalue weighted by atomic mass is 10.1. The highest BCUT2D eigenvalue weighted by Crippen LogP contribution is 2.47. The van der Waals surface area contributed by atoms with Gasteiger partial charge in [-0.15, -0.1) is 0 Å². The van der Waals surface area contributed by atoms with Crippen LogP contribution < -0.4 is 9.47 Å². The number of hydrogen-bond donors (Lipinski definition) is 0. The van der Waals surface area contributed by atoms with Gasteiger partial charge in [-0.25, -0.2) is 9.07 Å². The maximum Gasteiger partial charge on any atom is 0.388 e. The van der Waals surface area contributed by atoms with Crippen molar-refractivity contribution in [3.8, 4) is 22.9 Å². The molecule has 0 atom stereocenters. The van der Waals surface area contributed by atoms with E-state index in [1.54, 1.807) is 0 Å². The zero-order valence-corrected chi connectivity index (χ0v) is 13.5. The Morgan fingerprint density at radius 3 is 2.54 bits per heavy atom. The highest BCUT2D eigenvalue weighted by molar-refractivity contribution is 6.35. The molecule has 0 aliphatic rings. The first-order valence-corrected chi connectivity index (χ1v) is 6.82. The number of nitrogens with zero attached hydrogens (tertiary/aromatic N) is 3. The van der Waals surface area contributed by atoms with Gasteiger partial charge in [0.25, 0.3) is 0 Å². The third-order valence-electron chi connectivity index (χ3n) is 2.92. The highest BCUT2D eigenvalue weighted by atomic mass is 35.5. The molecule has 0 unspecified atom stereocenters. The van der Waals surface area contributed by atoms with Gasteiger partial charge in [-0.2, -0.15) is 13.9 Å². The van der Waals surface area contributed by atoms with Gasteiger partial charge in [0, 0.05) is 7.05 Å². The molecule has 0 amide bonds. The Labute approximate surface area is 142 Å². The van der Waals surface area contributed by atoms with Gasteiger partial charge in [-0.1, -0.05) is 23.2 Å². The maximum absolute atomic E-state index is 14.3. The lowest BCUT2D eigenvalue weighted by Crippen LogP contribution is -2.06. The first-order chi connectivity index (χ1) is 11.2. The average Bonchev–Trinajstić information content (AvgIpc) is 2.74. The molecule has 1 heterocycles. The largest absolute Gasteiger partial charge is 0.489 e. The van der Waals surface area contributed by atoms with E-state index in [4.69, 9.17) is 27.9 Å². The molecule has 0 spiro atoms. The second kappa shape index (κ2) is 6.73. The molecule has 7 nitrogen and oxygen atoms in total. The Morgan fingerprint density at radius 1 is 1.42 bits per heavy atom. The van der Waals surface area contributed by atoms with Gasteiger partial charge < -0.3 is 9.47 Å². The second-order valence-electron chi connectivity index (χ2n) is 4.32. The highest BCUT2D eigenvalue weighted by Gasteiger charge is 2.33. The molecule has 1 aromatic heterocycles. The molecule has 12 heteroatoms. The number of methoxy groups -OCH3 is 1. The maximum atomic E-state index is 14.3. The van der Waals surface area contributed by atoms with E-state index in [9.17, 15) is 23.3 Å². The van der Waals surface area contributed by atoms with Crippen LogP contribution in [0, 0.1) is 15.9 Å². The number of aryl methyl sites for hydroxylation is 1. The van der Waals surface area contributed by atoms with E-state index >= 15 is 0 Å². The van der Waals surface area contributed by atoms with Crippen molar-refractivity contribution < 1.29 is 27.6 Å². The molecule has 0 saturated heterocycles. The van der Waals surface area contributed by atoms with Crippen molar-refractivity contribution in [2.75, 3.05) is 7.11 Å². The van der Waals surface area contributed by atoms with Crippen LogP contribution in [-0.2, 0) is 7.05 Å². The molecule has 0 N–H and O–H groups in total. The molecule has 1 aromatic carbocycles. The SMILES string of the molecule is COc1c(Cl)cc(F)c(-c2nn(C)c(OC(F)F)c2Cl)c1[N+](=O)[O-]. The van der Waals surface area contributed by atoms with Crippen LogP contribution >= 0.6 is 23.2 Å². The van der Waals surface area contributed by atoms with Crippen LogP contribution in [0.1, 0.15) is 0 Å². The monoisotopic (exact) mass is 385 g/mol. The zero-order chi connectivity index (χ0) is 18.2. The van der Waals surface area contributed by atoms with Gasteiger partial charge >= 0.3 is 12.3 Å². The number of aromatic nitrogens is 2. The van der Waals surface area contributed by atoms with Crippen molar-refractivity contribution in [1.29, 1.82) is 0 Å².